The van der Waals surface area contributed by atoms with Crippen molar-refractivity contribution in [1.29, 1.82) is 5.26 Å². The van der Waals surface area contributed by atoms with Crippen LogP contribution in [0.15, 0.2) is 66.9 Å². The van der Waals surface area contributed by atoms with E-state index < -0.39 is 23.2 Å². The minimum Gasteiger partial charge on any atom is -0.472 e. The number of pyridine rings is 1. The van der Waals surface area contributed by atoms with Crippen molar-refractivity contribution in [1.82, 2.24) is 14.8 Å². The summed E-state index contributed by atoms with van der Waals surface area (Å²) in [5, 5.41) is 19.5. The number of hydrogen-bond acceptors (Lipinski definition) is 8. The number of halogens is 1. The number of nitrogens with zero attached hydrogens (tertiary/aromatic N) is 4. The Bertz CT molecular complexity index is 1550. The third-order valence-corrected chi connectivity index (χ3v) is 7.09. The van der Waals surface area contributed by atoms with Gasteiger partial charge in [0.2, 0.25) is 5.88 Å². The van der Waals surface area contributed by atoms with Crippen LogP contribution in [0.1, 0.15) is 45.6 Å². The highest BCUT2D eigenvalue weighted by atomic mass is 35.5. The molecule has 5 rings (SSSR count). The highest BCUT2D eigenvalue weighted by molar-refractivity contribution is 6.30. The van der Waals surface area contributed by atoms with Gasteiger partial charge in [0.25, 0.3) is 0 Å². The average Bonchev–Trinajstić information content (AvgIpc) is 3.33. The molecule has 1 N–H and O–H groups in total. The van der Waals surface area contributed by atoms with Crippen molar-refractivity contribution < 1.29 is 19.0 Å². The van der Waals surface area contributed by atoms with Gasteiger partial charge in [-0.25, -0.2) is 9.78 Å². The lowest BCUT2D eigenvalue weighted by Gasteiger charge is -2.39. The molecule has 0 unspecified atom stereocenters. The first-order valence-electron chi connectivity index (χ1n) is 13.5. The third kappa shape index (κ3) is 6.45. The van der Waals surface area contributed by atoms with Crippen LogP contribution in [0, 0.1) is 11.3 Å². The lowest BCUT2D eigenvalue weighted by molar-refractivity contribution is -0.176. The smallest absolute Gasteiger partial charge is 0.335 e. The van der Waals surface area contributed by atoms with E-state index in [2.05, 4.69) is 16.4 Å². The molecule has 41 heavy (non-hydrogen) atoms. The first kappa shape index (κ1) is 28.4. The Morgan fingerprint density at radius 3 is 2.61 bits per heavy atom. The minimum absolute atomic E-state index is 0.115. The van der Waals surface area contributed by atoms with Crippen LogP contribution in [0.2, 0.25) is 5.02 Å². The molecule has 2 aromatic heterocycles. The molecule has 212 valence electrons. The maximum Gasteiger partial charge on any atom is 0.335 e. The molecule has 1 fully saturated rings. The second-order valence-corrected chi connectivity index (χ2v) is 11.5. The van der Waals surface area contributed by atoms with Gasteiger partial charge in [0.15, 0.2) is 11.9 Å². The molecule has 0 amide bonds. The number of benzene rings is 2. The normalized spacial score (nSPS) is 19.0. The van der Waals surface area contributed by atoms with Crippen LogP contribution in [0.25, 0.3) is 10.9 Å². The van der Waals surface area contributed by atoms with E-state index >= 15 is 0 Å². The molecule has 0 bridgehead atoms. The highest BCUT2D eigenvalue weighted by Gasteiger charge is 2.43. The molecule has 9 nitrogen and oxygen atoms in total. The van der Waals surface area contributed by atoms with E-state index in [0.29, 0.717) is 41.6 Å². The zero-order chi connectivity index (χ0) is 29.0. The van der Waals surface area contributed by atoms with Crippen molar-refractivity contribution in [2.45, 2.75) is 63.9 Å². The summed E-state index contributed by atoms with van der Waals surface area (Å²) in [6.07, 6.45) is 1.97. The van der Waals surface area contributed by atoms with Crippen molar-refractivity contribution >= 4 is 40.0 Å². The van der Waals surface area contributed by atoms with Crippen LogP contribution >= 0.6 is 11.6 Å². The summed E-state index contributed by atoms with van der Waals surface area (Å²) in [6.45, 7) is 5.91. The number of fused-ring (bicyclic) bond motifs is 1. The maximum absolute atomic E-state index is 12.7. The van der Waals surface area contributed by atoms with Crippen molar-refractivity contribution in [3.63, 3.8) is 0 Å². The number of anilines is 2. The van der Waals surface area contributed by atoms with E-state index in [1.54, 1.807) is 18.3 Å². The average molecular weight is 574 g/mol. The van der Waals surface area contributed by atoms with Crippen LogP contribution in [0.5, 0.6) is 5.88 Å². The van der Waals surface area contributed by atoms with Crippen molar-refractivity contribution in [3.8, 4) is 11.9 Å². The Morgan fingerprint density at radius 2 is 1.95 bits per heavy atom. The Balaban J connectivity index is 1.53. The molecule has 0 spiro atoms. The summed E-state index contributed by atoms with van der Waals surface area (Å²) in [7, 11) is 0. The topological polar surface area (TPSA) is 111 Å². The molecule has 4 aromatic rings. The molecule has 1 aliphatic rings. The van der Waals surface area contributed by atoms with Gasteiger partial charge in [0.05, 0.1) is 30.2 Å². The first-order valence-corrected chi connectivity index (χ1v) is 13.8. The molecule has 2 aromatic carbocycles. The molecule has 2 atom stereocenters. The van der Waals surface area contributed by atoms with Crippen molar-refractivity contribution in [2.75, 3.05) is 11.9 Å². The quantitative estimate of drug-likeness (QED) is 0.237. The van der Waals surface area contributed by atoms with Gasteiger partial charge in [-0.15, -0.1) is 0 Å². The Hall–Kier alpha value is -4.13. The predicted molar refractivity (Wildman–Crippen MR) is 156 cm³/mol. The first-order chi connectivity index (χ1) is 19.7. The summed E-state index contributed by atoms with van der Waals surface area (Å²) in [4.78, 5) is 17.3. The summed E-state index contributed by atoms with van der Waals surface area (Å²) >= 11 is 6.11. The molecule has 0 aliphatic carbocycles. The van der Waals surface area contributed by atoms with E-state index in [1.807, 2.05) is 74.0 Å². The fourth-order valence-corrected chi connectivity index (χ4v) is 5.01. The van der Waals surface area contributed by atoms with E-state index in [0.717, 1.165) is 16.8 Å². The zero-order valence-electron chi connectivity index (χ0n) is 23.3. The Kier molecular flexibility index (Phi) is 8.15. The van der Waals surface area contributed by atoms with Gasteiger partial charge in [-0.2, -0.15) is 10.4 Å². The summed E-state index contributed by atoms with van der Waals surface area (Å²) in [5.74, 6) is 0.522. The SMILES string of the molecule is CC(C)(C)OC(=O)[C@@H]1CC[C@@](CC#N)(n2nc(Nc3ccc(Cl)cc3)c3c(OCc4ccccc4)nccc32)CO1. The van der Waals surface area contributed by atoms with Gasteiger partial charge in [0, 0.05) is 16.9 Å². The molecule has 3 heterocycles. The number of ether oxygens (including phenoxy) is 3. The van der Waals surface area contributed by atoms with Crippen molar-refractivity contribution in [3.05, 3.63) is 77.4 Å². The molecule has 1 aliphatic heterocycles. The monoisotopic (exact) mass is 573 g/mol. The molecular formula is C31H32ClN5O4. The van der Waals surface area contributed by atoms with Crippen molar-refractivity contribution in [2.24, 2.45) is 0 Å². The number of esters is 1. The lowest BCUT2D eigenvalue weighted by atomic mass is 9.87. The highest BCUT2D eigenvalue weighted by Crippen LogP contribution is 2.40. The van der Waals surface area contributed by atoms with Gasteiger partial charge in [-0.1, -0.05) is 41.9 Å². The fourth-order valence-electron chi connectivity index (χ4n) is 4.88. The van der Waals surface area contributed by atoms with Gasteiger partial charge in [-0.3, -0.25) is 4.68 Å². The maximum atomic E-state index is 12.7. The number of hydrogen-bond donors (Lipinski definition) is 1. The predicted octanol–water partition coefficient (Wildman–Crippen LogP) is 6.54. The zero-order valence-corrected chi connectivity index (χ0v) is 24.0. The lowest BCUT2D eigenvalue weighted by Crippen LogP contribution is -2.47. The van der Waals surface area contributed by atoms with Gasteiger partial charge >= 0.3 is 5.97 Å². The second kappa shape index (κ2) is 11.8. The van der Waals surface area contributed by atoms with Crippen LogP contribution in [-0.4, -0.2) is 39.0 Å². The van der Waals surface area contributed by atoms with Crippen LogP contribution in [0.3, 0.4) is 0 Å². The Labute approximate surface area is 244 Å². The summed E-state index contributed by atoms with van der Waals surface area (Å²) in [6, 6.07) is 21.3. The van der Waals surface area contributed by atoms with E-state index in [4.69, 9.17) is 30.9 Å². The summed E-state index contributed by atoms with van der Waals surface area (Å²) in [5.41, 5.74) is 1.07. The molecular weight excluding hydrogens is 542 g/mol. The summed E-state index contributed by atoms with van der Waals surface area (Å²) < 4.78 is 19.6. The van der Waals surface area contributed by atoms with Crippen LogP contribution in [0.4, 0.5) is 11.5 Å². The number of carbonyl (C=O) groups excluding carboxylic acids is 1. The second-order valence-electron chi connectivity index (χ2n) is 11.1. The standard InChI is InChI=1S/C31H32ClN5O4/c1-30(2,3)41-29(38)25-13-15-31(16-17-33,20-40-25)37-24-14-18-34-28(39-19-21-7-5-4-6-8-21)26(24)27(36-37)35-23-11-9-22(32)10-12-23/h4-12,14,18,25H,13,15-16,19-20H2,1-3H3,(H,35,36)/t25-,31-/m0/s1. The van der Waals surface area contributed by atoms with Crippen LogP contribution in [-0.2, 0) is 26.4 Å². The largest absolute Gasteiger partial charge is 0.472 e. The number of nitriles is 1. The molecule has 10 heteroatoms. The van der Waals surface area contributed by atoms with E-state index in [-0.39, 0.29) is 13.0 Å². The molecule has 0 saturated carbocycles. The molecule has 1 saturated heterocycles. The number of carbonyl (C=O) groups is 1. The van der Waals surface area contributed by atoms with Gasteiger partial charge in [-0.05, 0) is 69.5 Å². The van der Waals surface area contributed by atoms with Gasteiger partial charge in [0.1, 0.15) is 17.6 Å². The Morgan fingerprint density at radius 1 is 1.20 bits per heavy atom. The number of nitrogens with one attached hydrogen (secondary N) is 1. The number of aromatic nitrogens is 3. The van der Waals surface area contributed by atoms with Gasteiger partial charge < -0.3 is 19.5 Å². The van der Waals surface area contributed by atoms with Crippen LogP contribution < -0.4 is 10.1 Å². The van der Waals surface area contributed by atoms with E-state index in [1.165, 1.54) is 0 Å². The minimum atomic E-state index is -0.816. The van der Waals surface area contributed by atoms with E-state index in [9.17, 15) is 10.1 Å². The molecule has 0 radical (unpaired) electrons. The third-order valence-electron chi connectivity index (χ3n) is 6.84. The fraction of sp³-hybridized carbons (Fsp3) is 0.355. The number of rotatable bonds is 8.